The first kappa shape index (κ1) is 12.8. The van der Waals surface area contributed by atoms with Crippen LogP contribution in [0, 0.1) is 0 Å². The van der Waals surface area contributed by atoms with Gasteiger partial charge in [0.1, 0.15) is 10.7 Å². The van der Waals surface area contributed by atoms with Gasteiger partial charge >= 0.3 is 5.97 Å². The second-order valence-electron chi connectivity index (χ2n) is 3.27. The number of methoxy groups -OCH3 is 1. The van der Waals surface area contributed by atoms with Gasteiger partial charge in [0.15, 0.2) is 10.3 Å². The second kappa shape index (κ2) is 5.36. The normalized spacial score (nSPS) is 10.4. The van der Waals surface area contributed by atoms with Crippen molar-refractivity contribution in [3.8, 4) is 0 Å². The monoisotopic (exact) mass is 284 g/mol. The molecule has 0 aliphatic carbocycles. The summed E-state index contributed by atoms with van der Waals surface area (Å²) in [6, 6.07) is 3.37. The maximum absolute atomic E-state index is 11.4. The largest absolute Gasteiger partial charge is 0.464 e. The first-order valence-electron chi connectivity index (χ1n) is 4.89. The maximum atomic E-state index is 11.4. The highest BCUT2D eigenvalue weighted by molar-refractivity contribution is 7.99. The van der Waals surface area contributed by atoms with Crippen molar-refractivity contribution >= 4 is 29.3 Å². The molecule has 18 heavy (non-hydrogen) atoms. The third kappa shape index (κ3) is 2.62. The van der Waals surface area contributed by atoms with Gasteiger partial charge in [-0.25, -0.2) is 9.78 Å². The molecule has 0 radical (unpaired) electrons. The molecule has 0 unspecified atom stereocenters. The Morgan fingerprint density at radius 1 is 1.44 bits per heavy atom. The van der Waals surface area contributed by atoms with Crippen LogP contribution in [0.1, 0.15) is 10.5 Å². The highest BCUT2D eigenvalue weighted by Gasteiger charge is 2.15. The molecule has 0 saturated heterocycles. The highest BCUT2D eigenvalue weighted by Crippen LogP contribution is 2.25. The minimum atomic E-state index is -0.431. The van der Waals surface area contributed by atoms with Crippen LogP contribution in [-0.2, 0) is 11.8 Å². The standard InChI is InChI=1S/C10H9ClN4O2S/c1-15-6(9(16)17-2)5-12-10(15)18-8-4-3-7(11)13-14-8/h3-5H,1-2H3. The van der Waals surface area contributed by atoms with Gasteiger partial charge in [-0.05, 0) is 23.9 Å². The quantitative estimate of drug-likeness (QED) is 0.801. The van der Waals surface area contributed by atoms with E-state index < -0.39 is 5.97 Å². The summed E-state index contributed by atoms with van der Waals surface area (Å²) in [7, 11) is 3.05. The van der Waals surface area contributed by atoms with E-state index in [9.17, 15) is 4.79 Å². The molecule has 2 aromatic rings. The van der Waals surface area contributed by atoms with Gasteiger partial charge in [0.25, 0.3) is 0 Å². The Kier molecular flexibility index (Phi) is 3.83. The van der Waals surface area contributed by atoms with Crippen LogP contribution in [0.25, 0.3) is 0 Å². The van der Waals surface area contributed by atoms with Crippen molar-refractivity contribution in [3.63, 3.8) is 0 Å². The molecule has 0 fully saturated rings. The molecule has 2 heterocycles. The summed E-state index contributed by atoms with van der Waals surface area (Å²) >= 11 is 6.93. The van der Waals surface area contributed by atoms with Gasteiger partial charge in [-0.1, -0.05) is 11.6 Å². The summed E-state index contributed by atoms with van der Waals surface area (Å²) in [4.78, 5) is 15.5. The van der Waals surface area contributed by atoms with Crippen molar-refractivity contribution in [1.29, 1.82) is 0 Å². The van der Waals surface area contributed by atoms with E-state index in [-0.39, 0.29) is 0 Å². The van der Waals surface area contributed by atoms with Crippen LogP contribution in [0.4, 0.5) is 0 Å². The average Bonchev–Trinajstić information content (AvgIpc) is 2.73. The number of esters is 1. The summed E-state index contributed by atoms with van der Waals surface area (Å²) in [6.07, 6.45) is 1.46. The number of imidazole rings is 1. The number of carbonyl (C=O) groups is 1. The number of nitrogens with zero attached hydrogens (tertiary/aromatic N) is 4. The van der Waals surface area contributed by atoms with E-state index in [1.54, 1.807) is 23.7 Å². The van der Waals surface area contributed by atoms with Crippen molar-refractivity contribution in [2.24, 2.45) is 7.05 Å². The molecular weight excluding hydrogens is 276 g/mol. The van der Waals surface area contributed by atoms with Gasteiger partial charge < -0.3 is 9.30 Å². The van der Waals surface area contributed by atoms with Gasteiger partial charge in [-0.2, -0.15) is 0 Å². The maximum Gasteiger partial charge on any atom is 0.356 e. The number of rotatable bonds is 3. The van der Waals surface area contributed by atoms with E-state index in [0.717, 1.165) is 0 Å². The Morgan fingerprint density at radius 3 is 2.83 bits per heavy atom. The molecule has 0 aliphatic rings. The van der Waals surface area contributed by atoms with Gasteiger partial charge in [-0.3, -0.25) is 0 Å². The molecule has 94 valence electrons. The van der Waals surface area contributed by atoms with Crippen LogP contribution in [-0.4, -0.2) is 32.8 Å². The summed E-state index contributed by atoms with van der Waals surface area (Å²) in [5.74, 6) is -0.431. The smallest absolute Gasteiger partial charge is 0.356 e. The van der Waals surface area contributed by atoms with Crippen LogP contribution in [0.2, 0.25) is 5.15 Å². The molecule has 2 aromatic heterocycles. The molecule has 0 aromatic carbocycles. The fraction of sp³-hybridized carbons (Fsp3) is 0.200. The second-order valence-corrected chi connectivity index (χ2v) is 4.65. The number of ether oxygens (including phenoxy) is 1. The van der Waals surface area contributed by atoms with Crippen LogP contribution in [0.5, 0.6) is 0 Å². The zero-order valence-electron chi connectivity index (χ0n) is 9.62. The van der Waals surface area contributed by atoms with Crippen LogP contribution < -0.4 is 0 Å². The first-order valence-corrected chi connectivity index (χ1v) is 6.08. The van der Waals surface area contributed by atoms with Crippen molar-refractivity contribution in [3.05, 3.63) is 29.2 Å². The number of hydrogen-bond donors (Lipinski definition) is 0. The molecule has 0 aliphatic heterocycles. The van der Waals surface area contributed by atoms with E-state index in [1.807, 2.05) is 0 Å². The van der Waals surface area contributed by atoms with Crippen molar-refractivity contribution in [1.82, 2.24) is 19.7 Å². The SMILES string of the molecule is COC(=O)c1cnc(Sc2ccc(Cl)nn2)n1C. The van der Waals surface area contributed by atoms with E-state index in [4.69, 9.17) is 11.6 Å². The van der Waals surface area contributed by atoms with E-state index in [1.165, 1.54) is 25.1 Å². The lowest BCUT2D eigenvalue weighted by Gasteiger charge is -2.03. The molecule has 0 bridgehead atoms. The lowest BCUT2D eigenvalue weighted by Crippen LogP contribution is -2.07. The molecule has 0 amide bonds. The Labute approximate surface area is 112 Å². The van der Waals surface area contributed by atoms with Gasteiger partial charge in [-0.15, -0.1) is 10.2 Å². The summed E-state index contributed by atoms with van der Waals surface area (Å²) in [5, 5.41) is 9.22. The lowest BCUT2D eigenvalue weighted by atomic mass is 10.5. The molecule has 0 atom stereocenters. The zero-order valence-corrected chi connectivity index (χ0v) is 11.2. The Morgan fingerprint density at radius 2 is 2.22 bits per heavy atom. The number of aromatic nitrogens is 4. The minimum Gasteiger partial charge on any atom is -0.464 e. The molecular formula is C10H9ClN4O2S. The fourth-order valence-electron chi connectivity index (χ4n) is 1.23. The molecule has 8 heteroatoms. The average molecular weight is 285 g/mol. The number of carbonyl (C=O) groups excluding carboxylic acids is 1. The summed E-state index contributed by atoms with van der Waals surface area (Å²) in [5.41, 5.74) is 0.377. The fourth-order valence-corrected chi connectivity index (χ4v) is 2.08. The van der Waals surface area contributed by atoms with Crippen molar-refractivity contribution < 1.29 is 9.53 Å². The Bertz CT molecular complexity index is 570. The zero-order chi connectivity index (χ0) is 13.1. The van der Waals surface area contributed by atoms with Gasteiger partial charge in [0, 0.05) is 7.05 Å². The van der Waals surface area contributed by atoms with E-state index in [2.05, 4.69) is 19.9 Å². The molecule has 2 rings (SSSR count). The predicted molar refractivity (Wildman–Crippen MR) is 65.7 cm³/mol. The molecule has 0 saturated carbocycles. The van der Waals surface area contributed by atoms with Crippen LogP contribution in [0.3, 0.4) is 0 Å². The summed E-state index contributed by atoms with van der Waals surface area (Å²) < 4.78 is 6.27. The topological polar surface area (TPSA) is 69.9 Å². The molecule has 6 nitrogen and oxygen atoms in total. The van der Waals surface area contributed by atoms with E-state index in [0.29, 0.717) is 21.0 Å². The molecule has 0 spiro atoms. The van der Waals surface area contributed by atoms with Crippen LogP contribution in [0.15, 0.2) is 28.5 Å². The van der Waals surface area contributed by atoms with Gasteiger partial charge in [0.05, 0.1) is 13.3 Å². The number of halogens is 1. The Balaban J connectivity index is 2.22. The Hall–Kier alpha value is -1.60. The van der Waals surface area contributed by atoms with Crippen LogP contribution >= 0.6 is 23.4 Å². The van der Waals surface area contributed by atoms with Gasteiger partial charge in [0.2, 0.25) is 0 Å². The lowest BCUT2D eigenvalue weighted by molar-refractivity contribution is 0.0589. The first-order chi connectivity index (χ1) is 8.61. The third-order valence-electron chi connectivity index (χ3n) is 2.14. The van der Waals surface area contributed by atoms with Crippen molar-refractivity contribution in [2.75, 3.05) is 7.11 Å². The third-order valence-corrected chi connectivity index (χ3v) is 3.33. The summed E-state index contributed by atoms with van der Waals surface area (Å²) in [6.45, 7) is 0. The van der Waals surface area contributed by atoms with E-state index >= 15 is 0 Å². The predicted octanol–water partition coefficient (Wildman–Crippen LogP) is 1.80. The highest BCUT2D eigenvalue weighted by atomic mass is 35.5. The van der Waals surface area contributed by atoms with Crippen molar-refractivity contribution in [2.45, 2.75) is 10.2 Å². The number of hydrogen-bond acceptors (Lipinski definition) is 6. The molecule has 0 N–H and O–H groups in total. The minimum absolute atomic E-state index is 0.328.